The Kier molecular flexibility index (Phi) is 6.10. The molecule has 0 aliphatic rings. The highest BCUT2D eigenvalue weighted by molar-refractivity contribution is 7.99. The van der Waals surface area contributed by atoms with E-state index in [1.165, 1.54) is 0 Å². The number of para-hydroxylation sites is 3. The first-order valence-corrected chi connectivity index (χ1v) is 10.3. The molecule has 4 aromatic rings. The van der Waals surface area contributed by atoms with Crippen LogP contribution in [0.3, 0.4) is 0 Å². The van der Waals surface area contributed by atoms with E-state index in [1.807, 2.05) is 78.9 Å². The van der Waals surface area contributed by atoms with Crippen LogP contribution in [0.25, 0.3) is 22.2 Å². The maximum absolute atomic E-state index is 12.3. The number of nitrogens with zero attached hydrogens (tertiary/aromatic N) is 1. The Labute approximate surface area is 177 Å². The fourth-order valence-corrected chi connectivity index (χ4v) is 3.51. The number of amides is 1. The van der Waals surface area contributed by atoms with Crippen LogP contribution in [-0.2, 0) is 14.3 Å². The highest BCUT2D eigenvalue weighted by Crippen LogP contribution is 2.27. The Hall–Kier alpha value is -3.58. The molecule has 30 heavy (non-hydrogen) atoms. The molecule has 0 unspecified atom stereocenters. The quantitative estimate of drug-likeness (QED) is 0.344. The molecule has 7 heteroatoms. The number of fused-ring (bicyclic) bond motifs is 1. The van der Waals surface area contributed by atoms with Crippen LogP contribution in [0.5, 0.6) is 0 Å². The van der Waals surface area contributed by atoms with Crippen molar-refractivity contribution in [2.75, 3.05) is 17.7 Å². The van der Waals surface area contributed by atoms with E-state index in [0.29, 0.717) is 16.5 Å². The van der Waals surface area contributed by atoms with Gasteiger partial charge in [0.1, 0.15) is 11.3 Å². The lowest BCUT2D eigenvalue weighted by molar-refractivity contribution is -0.144. The van der Waals surface area contributed by atoms with Crippen molar-refractivity contribution < 1.29 is 18.7 Å². The summed E-state index contributed by atoms with van der Waals surface area (Å²) in [6.45, 7) is -0.365. The summed E-state index contributed by atoms with van der Waals surface area (Å²) in [6, 6.07) is 24.6. The van der Waals surface area contributed by atoms with E-state index in [0.717, 1.165) is 28.4 Å². The summed E-state index contributed by atoms with van der Waals surface area (Å²) in [7, 11) is 0. The second-order valence-corrected chi connectivity index (χ2v) is 7.28. The van der Waals surface area contributed by atoms with Crippen molar-refractivity contribution in [3.05, 3.63) is 78.9 Å². The van der Waals surface area contributed by atoms with Crippen LogP contribution in [0.2, 0.25) is 0 Å². The zero-order valence-corrected chi connectivity index (χ0v) is 16.7. The minimum atomic E-state index is -0.520. The van der Waals surface area contributed by atoms with E-state index in [1.54, 1.807) is 0 Å². The first-order valence-electron chi connectivity index (χ1n) is 9.27. The first kappa shape index (κ1) is 19.7. The van der Waals surface area contributed by atoms with Gasteiger partial charge in [-0.3, -0.25) is 9.59 Å². The van der Waals surface area contributed by atoms with Crippen molar-refractivity contribution in [3.63, 3.8) is 0 Å². The average molecular weight is 418 g/mol. The summed E-state index contributed by atoms with van der Waals surface area (Å²) in [5, 5.41) is 3.19. The molecule has 0 bridgehead atoms. The minimum Gasteiger partial charge on any atom is -0.455 e. The van der Waals surface area contributed by atoms with Crippen LogP contribution in [-0.4, -0.2) is 29.2 Å². The molecular formula is C23H18N2O4S. The summed E-state index contributed by atoms with van der Waals surface area (Å²) in [4.78, 5) is 28.5. The van der Waals surface area contributed by atoms with Crippen LogP contribution in [0.4, 0.5) is 5.69 Å². The largest absolute Gasteiger partial charge is 0.455 e. The number of esters is 1. The van der Waals surface area contributed by atoms with Gasteiger partial charge in [0.15, 0.2) is 12.2 Å². The zero-order valence-electron chi connectivity index (χ0n) is 15.9. The van der Waals surface area contributed by atoms with E-state index >= 15 is 0 Å². The monoisotopic (exact) mass is 418 g/mol. The Balaban J connectivity index is 1.29. The maximum Gasteiger partial charge on any atom is 0.316 e. The minimum absolute atomic E-state index is 0.000699. The van der Waals surface area contributed by atoms with Crippen molar-refractivity contribution >= 4 is 40.4 Å². The SMILES string of the molecule is O=C(COC(=O)CSc1nc2ccccc2o1)Nc1ccccc1-c1ccccc1. The Morgan fingerprint density at radius 2 is 1.67 bits per heavy atom. The van der Waals surface area contributed by atoms with E-state index in [9.17, 15) is 9.59 Å². The van der Waals surface area contributed by atoms with Gasteiger partial charge in [0.2, 0.25) is 0 Å². The summed E-state index contributed by atoms with van der Waals surface area (Å²) >= 11 is 1.13. The molecule has 1 heterocycles. The second-order valence-electron chi connectivity index (χ2n) is 6.36. The predicted molar refractivity (Wildman–Crippen MR) is 116 cm³/mol. The molecule has 0 atom stereocenters. The molecule has 150 valence electrons. The van der Waals surface area contributed by atoms with Crippen LogP contribution in [0.15, 0.2) is 88.5 Å². The Bertz CT molecular complexity index is 1140. The van der Waals surface area contributed by atoms with E-state index in [4.69, 9.17) is 9.15 Å². The summed E-state index contributed by atoms with van der Waals surface area (Å²) < 4.78 is 10.6. The number of rotatable bonds is 7. The number of ether oxygens (including phenoxy) is 1. The third kappa shape index (κ3) is 4.87. The zero-order chi connectivity index (χ0) is 20.8. The summed E-state index contributed by atoms with van der Waals surface area (Å²) in [5.41, 5.74) is 3.92. The number of thioether (sulfide) groups is 1. The molecule has 0 saturated carbocycles. The molecule has 0 saturated heterocycles. The number of aromatic nitrogens is 1. The highest BCUT2D eigenvalue weighted by Gasteiger charge is 2.13. The number of hydrogen-bond acceptors (Lipinski definition) is 6. The van der Waals surface area contributed by atoms with Gasteiger partial charge in [0.05, 0.1) is 0 Å². The van der Waals surface area contributed by atoms with Crippen molar-refractivity contribution in [1.29, 1.82) is 0 Å². The lowest BCUT2D eigenvalue weighted by atomic mass is 10.0. The van der Waals surface area contributed by atoms with Gasteiger partial charge in [-0.05, 0) is 23.8 Å². The van der Waals surface area contributed by atoms with Crippen LogP contribution in [0, 0.1) is 0 Å². The number of benzene rings is 3. The second kappa shape index (κ2) is 9.28. The molecule has 0 fully saturated rings. The number of hydrogen-bond donors (Lipinski definition) is 1. The Morgan fingerprint density at radius 3 is 2.50 bits per heavy atom. The van der Waals surface area contributed by atoms with Gasteiger partial charge in [-0.15, -0.1) is 0 Å². The molecule has 1 N–H and O–H groups in total. The number of anilines is 1. The number of nitrogens with one attached hydrogen (secondary N) is 1. The lowest BCUT2D eigenvalue weighted by Gasteiger charge is -2.11. The standard InChI is InChI=1S/C23H18N2O4S/c26-21(24-18-11-5-4-10-17(18)16-8-2-1-3-9-16)14-28-22(27)15-30-23-25-19-12-6-7-13-20(19)29-23/h1-13H,14-15H2,(H,24,26). The Morgan fingerprint density at radius 1 is 0.933 bits per heavy atom. The maximum atomic E-state index is 12.3. The summed E-state index contributed by atoms with van der Waals surface area (Å²) in [5.74, 6) is -0.923. The third-order valence-electron chi connectivity index (χ3n) is 4.24. The van der Waals surface area contributed by atoms with Crippen molar-refractivity contribution in [3.8, 4) is 11.1 Å². The molecule has 0 radical (unpaired) electrons. The van der Waals surface area contributed by atoms with Crippen molar-refractivity contribution in [2.45, 2.75) is 5.22 Å². The fraction of sp³-hybridized carbons (Fsp3) is 0.0870. The van der Waals surface area contributed by atoms with Crippen LogP contribution >= 0.6 is 11.8 Å². The topological polar surface area (TPSA) is 81.4 Å². The van der Waals surface area contributed by atoms with Gasteiger partial charge < -0.3 is 14.5 Å². The molecule has 0 aliphatic carbocycles. The first-order chi connectivity index (χ1) is 14.7. The third-order valence-corrected chi connectivity index (χ3v) is 5.04. The molecule has 4 rings (SSSR count). The van der Waals surface area contributed by atoms with E-state index in [2.05, 4.69) is 10.3 Å². The van der Waals surface area contributed by atoms with Gasteiger partial charge in [0, 0.05) is 11.3 Å². The van der Waals surface area contributed by atoms with Gasteiger partial charge in [-0.2, -0.15) is 0 Å². The average Bonchev–Trinajstić information content (AvgIpc) is 3.20. The molecule has 1 amide bonds. The van der Waals surface area contributed by atoms with Gasteiger partial charge in [0.25, 0.3) is 11.1 Å². The number of oxazole rings is 1. The normalized spacial score (nSPS) is 10.7. The highest BCUT2D eigenvalue weighted by atomic mass is 32.2. The number of carbonyl (C=O) groups excluding carboxylic acids is 2. The fourth-order valence-electron chi connectivity index (χ4n) is 2.87. The predicted octanol–water partition coefficient (Wildman–Crippen LogP) is 4.77. The molecule has 0 aliphatic heterocycles. The van der Waals surface area contributed by atoms with Gasteiger partial charge in [-0.25, -0.2) is 4.98 Å². The lowest BCUT2D eigenvalue weighted by Crippen LogP contribution is -2.22. The molecule has 3 aromatic carbocycles. The molecular weight excluding hydrogens is 400 g/mol. The van der Waals surface area contributed by atoms with E-state index < -0.39 is 11.9 Å². The van der Waals surface area contributed by atoms with Crippen LogP contribution in [0.1, 0.15) is 0 Å². The van der Waals surface area contributed by atoms with Gasteiger partial charge in [-0.1, -0.05) is 72.4 Å². The molecule has 6 nitrogen and oxygen atoms in total. The van der Waals surface area contributed by atoms with E-state index in [-0.39, 0.29) is 12.4 Å². The van der Waals surface area contributed by atoms with Gasteiger partial charge >= 0.3 is 5.97 Å². The van der Waals surface area contributed by atoms with Crippen molar-refractivity contribution in [2.24, 2.45) is 0 Å². The number of carbonyl (C=O) groups is 2. The smallest absolute Gasteiger partial charge is 0.316 e. The van der Waals surface area contributed by atoms with Crippen LogP contribution < -0.4 is 5.32 Å². The van der Waals surface area contributed by atoms with Crippen molar-refractivity contribution in [1.82, 2.24) is 4.98 Å². The summed E-state index contributed by atoms with van der Waals surface area (Å²) in [6.07, 6.45) is 0. The molecule has 0 spiro atoms. The molecule has 1 aromatic heterocycles.